The van der Waals surface area contributed by atoms with Gasteiger partial charge in [0.1, 0.15) is 17.0 Å². The third-order valence-corrected chi connectivity index (χ3v) is 1.83. The van der Waals surface area contributed by atoms with E-state index in [1.165, 1.54) is 18.3 Å². The topological polar surface area (TPSA) is 62.5 Å². The lowest BCUT2D eigenvalue weighted by molar-refractivity contribution is 0.480. The second kappa shape index (κ2) is 2.82. The van der Waals surface area contributed by atoms with Gasteiger partial charge in [-0.15, -0.1) is 4.91 Å². The van der Waals surface area contributed by atoms with E-state index in [-0.39, 0.29) is 5.75 Å². The van der Waals surface area contributed by atoms with Crippen LogP contribution in [0.4, 0.5) is 5.69 Å². The first kappa shape index (κ1) is 7.67. The maximum atomic E-state index is 10.4. The molecule has 0 amide bonds. The van der Waals surface area contributed by atoms with Gasteiger partial charge in [-0.05, 0) is 17.3 Å². The predicted octanol–water partition coefficient (Wildman–Crippen LogP) is 2.34. The molecule has 2 aromatic rings. The minimum Gasteiger partial charge on any atom is -0.506 e. The number of fused-ring (bicyclic) bond motifs is 1. The Labute approximate surface area is 73.8 Å². The summed E-state index contributed by atoms with van der Waals surface area (Å²) in [5.74, 6) is 0.0583. The van der Waals surface area contributed by atoms with Crippen LogP contribution in [0.2, 0.25) is 0 Å². The molecule has 0 aliphatic heterocycles. The highest BCUT2D eigenvalue weighted by Gasteiger charge is 2.04. The summed E-state index contributed by atoms with van der Waals surface area (Å²) >= 11 is 0. The smallest absolute Gasteiger partial charge is 0.141 e. The van der Waals surface area contributed by atoms with Gasteiger partial charge in [0.2, 0.25) is 0 Å². The lowest BCUT2D eigenvalue weighted by atomic mass is 10.2. The molecule has 13 heavy (non-hydrogen) atoms. The van der Waals surface area contributed by atoms with Crippen molar-refractivity contribution in [1.29, 1.82) is 0 Å². The number of aromatic hydroxyl groups is 1. The molecule has 0 spiro atoms. The Bertz CT molecular complexity index is 468. The summed E-state index contributed by atoms with van der Waals surface area (Å²) in [5.41, 5.74) is 0.695. The van der Waals surface area contributed by atoms with Gasteiger partial charge in [-0.25, -0.2) is 0 Å². The van der Waals surface area contributed by atoms with Gasteiger partial charge in [-0.3, -0.25) is 4.98 Å². The first-order valence-electron chi connectivity index (χ1n) is 3.73. The van der Waals surface area contributed by atoms with Gasteiger partial charge in [-0.1, -0.05) is 12.1 Å². The standard InChI is InChI=1S/C9H6N2O2/c12-8-3-1-2-6-7(11-13)4-5-10-9(6)8/h1-5,12H. The van der Waals surface area contributed by atoms with Crippen LogP contribution in [0.5, 0.6) is 5.75 Å². The van der Waals surface area contributed by atoms with Crippen molar-refractivity contribution in [2.45, 2.75) is 0 Å². The number of aromatic nitrogens is 1. The summed E-state index contributed by atoms with van der Waals surface area (Å²) < 4.78 is 0. The Hall–Kier alpha value is -1.97. The van der Waals surface area contributed by atoms with E-state index in [4.69, 9.17) is 0 Å². The number of hydrogen-bond donors (Lipinski definition) is 1. The summed E-state index contributed by atoms with van der Waals surface area (Å²) in [6.07, 6.45) is 1.44. The van der Waals surface area contributed by atoms with Crippen molar-refractivity contribution in [2.75, 3.05) is 0 Å². The van der Waals surface area contributed by atoms with E-state index >= 15 is 0 Å². The highest BCUT2D eigenvalue weighted by atomic mass is 16.3. The fraction of sp³-hybridized carbons (Fsp3) is 0. The fourth-order valence-electron chi connectivity index (χ4n) is 1.23. The molecule has 0 aliphatic rings. The van der Waals surface area contributed by atoms with Gasteiger partial charge in [0.05, 0.1) is 0 Å². The third-order valence-electron chi connectivity index (χ3n) is 1.83. The number of hydrogen-bond acceptors (Lipinski definition) is 4. The van der Waals surface area contributed by atoms with E-state index in [1.54, 1.807) is 12.1 Å². The van der Waals surface area contributed by atoms with E-state index in [2.05, 4.69) is 10.2 Å². The minimum atomic E-state index is 0.0583. The van der Waals surface area contributed by atoms with Crippen molar-refractivity contribution in [2.24, 2.45) is 5.18 Å². The maximum Gasteiger partial charge on any atom is 0.141 e. The average Bonchev–Trinajstić information content (AvgIpc) is 2.18. The molecule has 0 unspecified atom stereocenters. The normalized spacial score (nSPS) is 10.2. The van der Waals surface area contributed by atoms with Crippen molar-refractivity contribution in [3.8, 4) is 5.75 Å². The van der Waals surface area contributed by atoms with Gasteiger partial charge in [-0.2, -0.15) is 0 Å². The quantitative estimate of drug-likeness (QED) is 0.675. The highest BCUT2D eigenvalue weighted by Crippen LogP contribution is 2.28. The monoisotopic (exact) mass is 174 g/mol. The molecular weight excluding hydrogens is 168 g/mol. The minimum absolute atomic E-state index is 0.0583. The van der Waals surface area contributed by atoms with Crippen molar-refractivity contribution in [3.05, 3.63) is 35.4 Å². The number of phenolic OH excluding ortho intramolecular Hbond substituents is 1. The maximum absolute atomic E-state index is 10.4. The zero-order chi connectivity index (χ0) is 9.26. The van der Waals surface area contributed by atoms with Crippen molar-refractivity contribution in [3.63, 3.8) is 0 Å². The number of benzene rings is 1. The van der Waals surface area contributed by atoms with Crippen LogP contribution in [0.25, 0.3) is 10.9 Å². The molecule has 1 N–H and O–H groups in total. The molecule has 0 saturated carbocycles. The molecule has 0 fully saturated rings. The Morgan fingerprint density at radius 1 is 1.31 bits per heavy atom. The number of nitrogens with zero attached hydrogens (tertiary/aromatic N) is 2. The van der Waals surface area contributed by atoms with Crippen LogP contribution in [0.15, 0.2) is 35.6 Å². The molecule has 0 saturated heterocycles. The summed E-state index contributed by atoms with van der Waals surface area (Å²) in [6, 6.07) is 6.37. The molecule has 64 valence electrons. The van der Waals surface area contributed by atoms with Gasteiger partial charge in [0, 0.05) is 11.6 Å². The number of rotatable bonds is 1. The lowest BCUT2D eigenvalue weighted by Crippen LogP contribution is -1.78. The molecule has 4 heteroatoms. The van der Waals surface area contributed by atoms with E-state index in [0.29, 0.717) is 16.6 Å². The number of phenols is 1. The van der Waals surface area contributed by atoms with Gasteiger partial charge in [0.25, 0.3) is 0 Å². The van der Waals surface area contributed by atoms with Crippen LogP contribution < -0.4 is 0 Å². The third kappa shape index (κ3) is 1.12. The van der Waals surface area contributed by atoms with Gasteiger partial charge < -0.3 is 5.11 Å². The zero-order valence-electron chi connectivity index (χ0n) is 6.64. The second-order valence-electron chi connectivity index (χ2n) is 2.59. The van der Waals surface area contributed by atoms with E-state index in [0.717, 1.165) is 0 Å². The zero-order valence-corrected chi connectivity index (χ0v) is 6.64. The van der Waals surface area contributed by atoms with Gasteiger partial charge >= 0.3 is 0 Å². The molecule has 4 nitrogen and oxygen atoms in total. The number of para-hydroxylation sites is 1. The lowest BCUT2D eigenvalue weighted by Gasteiger charge is -1.99. The summed E-state index contributed by atoms with van der Waals surface area (Å²) in [5, 5.41) is 12.8. The predicted molar refractivity (Wildman–Crippen MR) is 48.9 cm³/mol. The van der Waals surface area contributed by atoms with Crippen molar-refractivity contribution in [1.82, 2.24) is 4.98 Å². The van der Waals surface area contributed by atoms with Crippen LogP contribution in [0.1, 0.15) is 0 Å². The Balaban J connectivity index is 2.92. The molecule has 0 bridgehead atoms. The summed E-state index contributed by atoms with van der Waals surface area (Å²) in [7, 11) is 0. The molecule has 1 heterocycles. The van der Waals surface area contributed by atoms with Crippen LogP contribution in [-0.2, 0) is 0 Å². The van der Waals surface area contributed by atoms with E-state index in [1.807, 2.05) is 0 Å². The van der Waals surface area contributed by atoms with Crippen LogP contribution in [-0.4, -0.2) is 10.1 Å². The Kier molecular flexibility index (Phi) is 1.66. The Morgan fingerprint density at radius 3 is 2.92 bits per heavy atom. The Morgan fingerprint density at radius 2 is 2.15 bits per heavy atom. The van der Waals surface area contributed by atoms with Crippen molar-refractivity contribution >= 4 is 16.6 Å². The van der Waals surface area contributed by atoms with E-state index in [9.17, 15) is 10.0 Å². The SMILES string of the molecule is O=Nc1ccnc2c(O)cccc12. The first-order chi connectivity index (χ1) is 6.33. The molecule has 0 aliphatic carbocycles. The number of nitroso groups, excluding NO2 is 1. The molecule has 0 radical (unpaired) electrons. The molecular formula is C9H6N2O2. The fourth-order valence-corrected chi connectivity index (χ4v) is 1.23. The molecule has 2 rings (SSSR count). The largest absolute Gasteiger partial charge is 0.506 e. The molecule has 1 aromatic heterocycles. The average molecular weight is 174 g/mol. The molecule has 1 aromatic carbocycles. The van der Waals surface area contributed by atoms with E-state index < -0.39 is 0 Å². The second-order valence-corrected chi connectivity index (χ2v) is 2.59. The first-order valence-corrected chi connectivity index (χ1v) is 3.73. The number of pyridine rings is 1. The van der Waals surface area contributed by atoms with Crippen molar-refractivity contribution < 1.29 is 5.11 Å². The van der Waals surface area contributed by atoms with Crippen LogP contribution in [0, 0.1) is 4.91 Å². The summed E-state index contributed by atoms with van der Waals surface area (Å²) in [6.45, 7) is 0. The van der Waals surface area contributed by atoms with Crippen LogP contribution >= 0.6 is 0 Å². The van der Waals surface area contributed by atoms with Gasteiger partial charge in [0.15, 0.2) is 0 Å². The molecule has 0 atom stereocenters. The van der Waals surface area contributed by atoms with Crippen LogP contribution in [0.3, 0.4) is 0 Å². The summed E-state index contributed by atoms with van der Waals surface area (Å²) in [4.78, 5) is 14.3. The highest BCUT2D eigenvalue weighted by molar-refractivity contribution is 5.92.